The molecule has 0 saturated carbocycles. The number of aromatic nitrogens is 1. The van der Waals surface area contributed by atoms with Gasteiger partial charge in [0.15, 0.2) is 23.2 Å². The van der Waals surface area contributed by atoms with Gasteiger partial charge in [-0.05, 0) is 30.3 Å². The lowest BCUT2D eigenvalue weighted by Crippen LogP contribution is -2.19. The van der Waals surface area contributed by atoms with Crippen LogP contribution in [0.1, 0.15) is 0 Å². The molecule has 0 aliphatic rings. The van der Waals surface area contributed by atoms with Crippen molar-refractivity contribution in [2.45, 2.75) is 0 Å². The van der Waals surface area contributed by atoms with Crippen LogP contribution >= 0.6 is 11.3 Å². The normalized spacial score (nSPS) is 10.2. The average Bonchev–Trinajstić information content (AvgIpc) is 3.15. The van der Waals surface area contributed by atoms with Gasteiger partial charge in [-0.2, -0.15) is 0 Å². The molecule has 2 aromatic carbocycles. The highest BCUT2D eigenvalue weighted by Crippen LogP contribution is 2.33. The Kier molecular flexibility index (Phi) is 5.70. The Morgan fingerprint density at radius 3 is 2.58 bits per heavy atom. The first-order valence-electron chi connectivity index (χ1n) is 7.85. The number of rotatable bonds is 7. The quantitative estimate of drug-likeness (QED) is 0.684. The van der Waals surface area contributed by atoms with Crippen LogP contribution < -0.4 is 19.5 Å². The smallest absolute Gasteiger partial charge is 0.264 e. The molecule has 0 aliphatic carbocycles. The fourth-order valence-electron chi connectivity index (χ4n) is 2.28. The molecular formula is C19H18N2O4S. The SMILES string of the molecule is COc1ccc(-c2csc(NC(=O)COc3ccccc3)n2)cc1OC. The molecule has 0 fully saturated rings. The van der Waals surface area contributed by atoms with Gasteiger partial charge in [-0.1, -0.05) is 18.2 Å². The second-order valence-corrected chi connectivity index (χ2v) is 6.12. The Labute approximate surface area is 155 Å². The molecule has 0 unspecified atom stereocenters. The van der Waals surface area contributed by atoms with Gasteiger partial charge < -0.3 is 14.2 Å². The zero-order valence-corrected chi connectivity index (χ0v) is 15.2. The third kappa shape index (κ3) is 4.31. The summed E-state index contributed by atoms with van der Waals surface area (Å²) in [6.07, 6.45) is 0. The number of carbonyl (C=O) groups is 1. The van der Waals surface area contributed by atoms with Crippen molar-refractivity contribution in [1.29, 1.82) is 0 Å². The van der Waals surface area contributed by atoms with Gasteiger partial charge in [-0.25, -0.2) is 4.98 Å². The maximum atomic E-state index is 12.0. The molecule has 7 heteroatoms. The molecule has 1 aromatic heterocycles. The lowest BCUT2D eigenvalue weighted by molar-refractivity contribution is -0.118. The molecule has 1 N–H and O–H groups in total. The molecule has 0 spiro atoms. The molecule has 0 aliphatic heterocycles. The first kappa shape index (κ1) is 17.8. The van der Waals surface area contributed by atoms with Gasteiger partial charge in [0.1, 0.15) is 5.75 Å². The van der Waals surface area contributed by atoms with Gasteiger partial charge in [-0.3, -0.25) is 10.1 Å². The predicted octanol–water partition coefficient (Wildman–Crippen LogP) is 3.84. The number of thiazole rings is 1. The Morgan fingerprint density at radius 1 is 1.08 bits per heavy atom. The maximum absolute atomic E-state index is 12.0. The number of ether oxygens (including phenoxy) is 3. The van der Waals surface area contributed by atoms with Crippen molar-refractivity contribution < 1.29 is 19.0 Å². The standard InChI is InChI=1S/C19H18N2O4S/c1-23-16-9-8-13(10-17(16)24-2)15-12-26-19(20-15)21-18(22)11-25-14-6-4-3-5-7-14/h3-10,12H,11H2,1-2H3,(H,20,21,22). The van der Waals surface area contributed by atoms with Gasteiger partial charge in [0.25, 0.3) is 5.91 Å². The molecule has 6 nitrogen and oxygen atoms in total. The molecule has 3 rings (SSSR count). The first-order valence-corrected chi connectivity index (χ1v) is 8.73. The van der Waals surface area contributed by atoms with E-state index in [0.29, 0.717) is 22.4 Å². The van der Waals surface area contributed by atoms with E-state index in [1.54, 1.807) is 26.4 Å². The minimum atomic E-state index is -0.262. The van der Waals surface area contributed by atoms with Crippen molar-refractivity contribution in [3.8, 4) is 28.5 Å². The number of methoxy groups -OCH3 is 2. The number of nitrogens with zero attached hydrogens (tertiary/aromatic N) is 1. The maximum Gasteiger partial charge on any atom is 0.264 e. The zero-order valence-electron chi connectivity index (χ0n) is 14.4. The van der Waals surface area contributed by atoms with E-state index < -0.39 is 0 Å². The molecule has 0 saturated heterocycles. The van der Waals surface area contributed by atoms with Crippen LogP contribution in [0.5, 0.6) is 17.2 Å². The lowest BCUT2D eigenvalue weighted by atomic mass is 10.1. The molecule has 1 heterocycles. The number of carbonyl (C=O) groups excluding carboxylic acids is 1. The van der Waals surface area contributed by atoms with Crippen LogP contribution in [0.3, 0.4) is 0 Å². The summed E-state index contributed by atoms with van der Waals surface area (Å²) in [6, 6.07) is 14.7. The second kappa shape index (κ2) is 8.35. The van der Waals surface area contributed by atoms with E-state index in [1.807, 2.05) is 41.8 Å². The Morgan fingerprint density at radius 2 is 1.85 bits per heavy atom. The second-order valence-electron chi connectivity index (χ2n) is 5.26. The molecular weight excluding hydrogens is 352 g/mol. The molecule has 0 radical (unpaired) electrons. The number of anilines is 1. The fraction of sp³-hybridized carbons (Fsp3) is 0.158. The van der Waals surface area contributed by atoms with Crippen LogP contribution in [-0.2, 0) is 4.79 Å². The van der Waals surface area contributed by atoms with E-state index in [0.717, 1.165) is 11.3 Å². The molecule has 0 bridgehead atoms. The minimum Gasteiger partial charge on any atom is -0.493 e. The highest BCUT2D eigenvalue weighted by Gasteiger charge is 2.11. The topological polar surface area (TPSA) is 69.7 Å². The largest absolute Gasteiger partial charge is 0.493 e. The van der Waals surface area contributed by atoms with Crippen molar-refractivity contribution in [3.63, 3.8) is 0 Å². The summed E-state index contributed by atoms with van der Waals surface area (Å²) in [5, 5.41) is 5.12. The summed E-state index contributed by atoms with van der Waals surface area (Å²) >= 11 is 1.35. The first-order chi connectivity index (χ1) is 12.7. The molecule has 26 heavy (non-hydrogen) atoms. The van der Waals surface area contributed by atoms with E-state index in [-0.39, 0.29) is 12.5 Å². The van der Waals surface area contributed by atoms with Crippen LogP contribution in [0.4, 0.5) is 5.13 Å². The minimum absolute atomic E-state index is 0.0741. The van der Waals surface area contributed by atoms with E-state index in [4.69, 9.17) is 14.2 Å². The summed E-state index contributed by atoms with van der Waals surface area (Å²) < 4.78 is 16.0. The van der Waals surface area contributed by atoms with Gasteiger partial charge in [0.05, 0.1) is 19.9 Å². The monoisotopic (exact) mass is 370 g/mol. The Balaban J connectivity index is 1.63. The highest BCUT2D eigenvalue weighted by atomic mass is 32.1. The number of nitrogens with one attached hydrogen (secondary N) is 1. The summed E-state index contributed by atoms with van der Waals surface area (Å²) in [6.45, 7) is -0.0741. The number of para-hydroxylation sites is 1. The number of amides is 1. The number of hydrogen-bond acceptors (Lipinski definition) is 6. The molecule has 3 aromatic rings. The summed E-state index contributed by atoms with van der Waals surface area (Å²) in [5.74, 6) is 1.66. The Hall–Kier alpha value is -3.06. The van der Waals surface area contributed by atoms with E-state index in [9.17, 15) is 4.79 Å². The summed E-state index contributed by atoms with van der Waals surface area (Å²) in [4.78, 5) is 16.5. The van der Waals surface area contributed by atoms with E-state index >= 15 is 0 Å². The van der Waals surface area contributed by atoms with Crippen LogP contribution in [0.25, 0.3) is 11.3 Å². The third-order valence-corrected chi connectivity index (χ3v) is 4.30. The third-order valence-electron chi connectivity index (χ3n) is 3.54. The summed E-state index contributed by atoms with van der Waals surface area (Å²) in [7, 11) is 3.17. The summed E-state index contributed by atoms with van der Waals surface area (Å²) in [5.41, 5.74) is 1.62. The van der Waals surface area contributed by atoms with Gasteiger partial charge in [0, 0.05) is 10.9 Å². The van der Waals surface area contributed by atoms with Crippen molar-refractivity contribution in [2.24, 2.45) is 0 Å². The van der Waals surface area contributed by atoms with Gasteiger partial charge >= 0.3 is 0 Å². The predicted molar refractivity (Wildman–Crippen MR) is 101 cm³/mol. The van der Waals surface area contributed by atoms with Crippen molar-refractivity contribution in [1.82, 2.24) is 4.98 Å². The van der Waals surface area contributed by atoms with Crippen LogP contribution in [-0.4, -0.2) is 31.7 Å². The molecule has 0 atom stereocenters. The van der Waals surface area contributed by atoms with E-state index in [2.05, 4.69) is 10.3 Å². The average molecular weight is 370 g/mol. The van der Waals surface area contributed by atoms with Crippen LogP contribution in [0.15, 0.2) is 53.9 Å². The van der Waals surface area contributed by atoms with E-state index in [1.165, 1.54) is 11.3 Å². The number of hydrogen-bond donors (Lipinski definition) is 1. The van der Waals surface area contributed by atoms with Crippen molar-refractivity contribution >= 4 is 22.4 Å². The fourth-order valence-corrected chi connectivity index (χ4v) is 3.02. The van der Waals surface area contributed by atoms with Gasteiger partial charge in [0.2, 0.25) is 0 Å². The lowest BCUT2D eigenvalue weighted by Gasteiger charge is -2.08. The van der Waals surface area contributed by atoms with Crippen LogP contribution in [0.2, 0.25) is 0 Å². The molecule has 134 valence electrons. The van der Waals surface area contributed by atoms with Crippen molar-refractivity contribution in [2.75, 3.05) is 26.1 Å². The van der Waals surface area contributed by atoms with Gasteiger partial charge in [-0.15, -0.1) is 11.3 Å². The Bertz CT molecular complexity index is 880. The highest BCUT2D eigenvalue weighted by molar-refractivity contribution is 7.14. The molecule has 1 amide bonds. The van der Waals surface area contributed by atoms with Crippen molar-refractivity contribution in [3.05, 3.63) is 53.9 Å². The zero-order chi connectivity index (χ0) is 18.4. The van der Waals surface area contributed by atoms with Crippen LogP contribution in [0, 0.1) is 0 Å². The number of benzene rings is 2.